The summed E-state index contributed by atoms with van der Waals surface area (Å²) in [5.74, 6) is 0. The van der Waals surface area contributed by atoms with E-state index in [1.807, 2.05) is 6.07 Å². The molecule has 98 valence electrons. The summed E-state index contributed by atoms with van der Waals surface area (Å²) in [7, 11) is 0. The number of hydrogen-bond donors (Lipinski definition) is 0. The van der Waals surface area contributed by atoms with Crippen molar-refractivity contribution in [1.82, 2.24) is 0 Å². The third-order valence-electron chi connectivity index (χ3n) is 3.15. The minimum atomic E-state index is 0.997. The zero-order valence-electron chi connectivity index (χ0n) is 11.2. The van der Waals surface area contributed by atoms with E-state index in [1.54, 1.807) is 11.8 Å². The molecule has 0 nitrogen and oxygen atoms in total. The second-order valence-electron chi connectivity index (χ2n) is 4.72. The fourth-order valence-corrected chi connectivity index (χ4v) is 2.97. The van der Waals surface area contributed by atoms with Crippen LogP contribution in [-0.4, -0.2) is 0 Å². The van der Waals surface area contributed by atoms with Crippen LogP contribution in [0.25, 0.3) is 0 Å². The van der Waals surface area contributed by atoms with Gasteiger partial charge in [-0.05, 0) is 41.8 Å². The van der Waals surface area contributed by atoms with Crippen LogP contribution in [0.5, 0.6) is 0 Å². The van der Waals surface area contributed by atoms with Gasteiger partial charge in [-0.3, -0.25) is 0 Å². The van der Waals surface area contributed by atoms with Crippen LogP contribution in [0.1, 0.15) is 11.1 Å². The van der Waals surface area contributed by atoms with Gasteiger partial charge in [0, 0.05) is 9.79 Å². The SMILES string of the molecule is c1ccc(Cc2ccc(Sc3ccccc3)cc2)cc1. The molecule has 0 spiro atoms. The summed E-state index contributed by atoms with van der Waals surface area (Å²) in [5.41, 5.74) is 2.71. The summed E-state index contributed by atoms with van der Waals surface area (Å²) in [5, 5.41) is 0. The molecule has 0 unspecified atom stereocenters. The Hall–Kier alpha value is -1.99. The molecule has 0 saturated carbocycles. The third kappa shape index (κ3) is 3.52. The van der Waals surface area contributed by atoms with Crippen LogP contribution in [0, 0.1) is 0 Å². The highest BCUT2D eigenvalue weighted by atomic mass is 32.2. The Bertz CT molecular complexity index is 582. The lowest BCUT2D eigenvalue weighted by Crippen LogP contribution is -1.87. The molecule has 0 aliphatic rings. The first kappa shape index (κ1) is 13.0. The van der Waals surface area contributed by atoms with Crippen molar-refractivity contribution < 1.29 is 0 Å². The van der Waals surface area contributed by atoms with Crippen molar-refractivity contribution in [1.29, 1.82) is 0 Å². The van der Waals surface area contributed by atoms with E-state index in [2.05, 4.69) is 78.9 Å². The van der Waals surface area contributed by atoms with E-state index in [9.17, 15) is 0 Å². The predicted molar refractivity (Wildman–Crippen MR) is 86.3 cm³/mol. The largest absolute Gasteiger partial charge is 0.0901 e. The average Bonchev–Trinajstić information content (AvgIpc) is 2.51. The zero-order chi connectivity index (χ0) is 13.6. The van der Waals surface area contributed by atoms with Gasteiger partial charge in [-0.1, -0.05) is 72.4 Å². The van der Waals surface area contributed by atoms with Crippen LogP contribution in [0.4, 0.5) is 0 Å². The van der Waals surface area contributed by atoms with Gasteiger partial charge in [-0.2, -0.15) is 0 Å². The predicted octanol–water partition coefficient (Wildman–Crippen LogP) is 5.43. The van der Waals surface area contributed by atoms with Crippen LogP contribution in [-0.2, 0) is 6.42 Å². The standard InChI is InChI=1S/C19H16S/c1-3-7-16(8-4-1)15-17-11-13-19(14-12-17)20-18-9-5-2-6-10-18/h1-14H,15H2. The second-order valence-corrected chi connectivity index (χ2v) is 5.87. The van der Waals surface area contributed by atoms with Gasteiger partial charge < -0.3 is 0 Å². The average molecular weight is 276 g/mol. The lowest BCUT2D eigenvalue weighted by Gasteiger charge is -2.04. The summed E-state index contributed by atoms with van der Waals surface area (Å²) in [6.45, 7) is 0. The molecule has 0 N–H and O–H groups in total. The van der Waals surface area contributed by atoms with E-state index in [0.717, 1.165) is 6.42 Å². The van der Waals surface area contributed by atoms with Gasteiger partial charge >= 0.3 is 0 Å². The highest BCUT2D eigenvalue weighted by molar-refractivity contribution is 7.99. The minimum Gasteiger partial charge on any atom is -0.0901 e. The van der Waals surface area contributed by atoms with E-state index in [0.29, 0.717) is 0 Å². The van der Waals surface area contributed by atoms with Crippen molar-refractivity contribution >= 4 is 11.8 Å². The molecule has 0 saturated heterocycles. The Morgan fingerprint density at radius 2 is 1.00 bits per heavy atom. The fourth-order valence-electron chi connectivity index (χ4n) is 2.13. The molecule has 0 fully saturated rings. The molecule has 0 aliphatic heterocycles. The van der Waals surface area contributed by atoms with E-state index in [4.69, 9.17) is 0 Å². The van der Waals surface area contributed by atoms with Crippen LogP contribution in [0.15, 0.2) is 94.7 Å². The third-order valence-corrected chi connectivity index (χ3v) is 4.17. The van der Waals surface area contributed by atoms with Gasteiger partial charge in [-0.15, -0.1) is 0 Å². The maximum atomic E-state index is 2.22. The van der Waals surface area contributed by atoms with Crippen molar-refractivity contribution in [2.45, 2.75) is 16.2 Å². The normalized spacial score (nSPS) is 10.4. The summed E-state index contributed by atoms with van der Waals surface area (Å²) in [6, 6.07) is 29.9. The minimum absolute atomic E-state index is 0.997. The molecule has 20 heavy (non-hydrogen) atoms. The first-order chi connectivity index (χ1) is 9.90. The van der Waals surface area contributed by atoms with Crippen molar-refractivity contribution in [2.24, 2.45) is 0 Å². The lowest BCUT2D eigenvalue weighted by molar-refractivity contribution is 1.18. The Morgan fingerprint density at radius 3 is 1.65 bits per heavy atom. The maximum absolute atomic E-state index is 2.22. The second kappa shape index (κ2) is 6.44. The number of benzene rings is 3. The van der Waals surface area contributed by atoms with Crippen molar-refractivity contribution in [2.75, 3.05) is 0 Å². The zero-order valence-corrected chi connectivity index (χ0v) is 12.0. The first-order valence-electron chi connectivity index (χ1n) is 6.76. The molecule has 0 aliphatic carbocycles. The molecule has 3 rings (SSSR count). The fraction of sp³-hybridized carbons (Fsp3) is 0.0526. The van der Waals surface area contributed by atoms with E-state index in [-0.39, 0.29) is 0 Å². The molecule has 3 aromatic carbocycles. The molecule has 3 aromatic rings. The van der Waals surface area contributed by atoms with Crippen LogP contribution in [0.3, 0.4) is 0 Å². The van der Waals surface area contributed by atoms with E-state index < -0.39 is 0 Å². The van der Waals surface area contributed by atoms with Gasteiger partial charge in [-0.25, -0.2) is 0 Å². The highest BCUT2D eigenvalue weighted by Crippen LogP contribution is 2.27. The Kier molecular flexibility index (Phi) is 4.19. The summed E-state index contributed by atoms with van der Waals surface area (Å²) < 4.78 is 0. The van der Waals surface area contributed by atoms with E-state index >= 15 is 0 Å². The Labute approximate surface area is 124 Å². The van der Waals surface area contributed by atoms with Gasteiger partial charge in [0.25, 0.3) is 0 Å². The van der Waals surface area contributed by atoms with Gasteiger partial charge in [0.2, 0.25) is 0 Å². The molecular weight excluding hydrogens is 260 g/mol. The Balaban J connectivity index is 1.69. The number of hydrogen-bond acceptors (Lipinski definition) is 1. The Morgan fingerprint density at radius 1 is 0.500 bits per heavy atom. The highest BCUT2D eigenvalue weighted by Gasteiger charge is 1.99. The molecular formula is C19H16S. The summed E-state index contributed by atoms with van der Waals surface area (Å²) >= 11 is 1.80. The van der Waals surface area contributed by atoms with Gasteiger partial charge in [0.15, 0.2) is 0 Å². The van der Waals surface area contributed by atoms with Crippen molar-refractivity contribution in [3.8, 4) is 0 Å². The summed E-state index contributed by atoms with van der Waals surface area (Å²) in [4.78, 5) is 2.57. The lowest BCUT2D eigenvalue weighted by atomic mass is 10.1. The van der Waals surface area contributed by atoms with Crippen molar-refractivity contribution in [3.63, 3.8) is 0 Å². The summed E-state index contributed by atoms with van der Waals surface area (Å²) in [6.07, 6.45) is 0.997. The van der Waals surface area contributed by atoms with Gasteiger partial charge in [0.1, 0.15) is 0 Å². The molecule has 0 aromatic heterocycles. The smallest absolute Gasteiger partial charge is 0.0122 e. The molecule has 0 radical (unpaired) electrons. The van der Waals surface area contributed by atoms with Crippen LogP contribution >= 0.6 is 11.8 Å². The number of rotatable bonds is 4. The quantitative estimate of drug-likeness (QED) is 0.612. The van der Waals surface area contributed by atoms with Crippen molar-refractivity contribution in [3.05, 3.63) is 96.1 Å². The van der Waals surface area contributed by atoms with Crippen LogP contribution in [0.2, 0.25) is 0 Å². The molecule has 0 amide bonds. The first-order valence-corrected chi connectivity index (χ1v) is 7.57. The monoisotopic (exact) mass is 276 g/mol. The molecule has 0 bridgehead atoms. The maximum Gasteiger partial charge on any atom is 0.0122 e. The van der Waals surface area contributed by atoms with Gasteiger partial charge in [0.05, 0.1) is 0 Å². The molecule has 1 heteroatoms. The molecule has 0 atom stereocenters. The van der Waals surface area contributed by atoms with Crippen LogP contribution < -0.4 is 0 Å². The van der Waals surface area contributed by atoms with E-state index in [1.165, 1.54) is 20.9 Å². The topological polar surface area (TPSA) is 0 Å². The molecule has 0 heterocycles.